The van der Waals surface area contributed by atoms with Crippen molar-refractivity contribution in [3.05, 3.63) is 33.9 Å². The summed E-state index contributed by atoms with van der Waals surface area (Å²) in [7, 11) is 1.57. The fraction of sp³-hybridized carbons (Fsp3) is 0.0909. The number of ether oxygens (including phenoxy) is 1. The lowest BCUT2D eigenvalue weighted by Gasteiger charge is -2.02. The van der Waals surface area contributed by atoms with Crippen molar-refractivity contribution in [3.8, 4) is 16.2 Å². The fourth-order valence-electron chi connectivity index (χ4n) is 1.40. The normalized spacial score (nSPS) is 10.2. The van der Waals surface area contributed by atoms with E-state index in [-0.39, 0.29) is 5.69 Å². The molecule has 4 nitrogen and oxygen atoms in total. The van der Waals surface area contributed by atoms with Gasteiger partial charge in [-0.1, -0.05) is 12.1 Å². The molecule has 0 amide bonds. The number of benzene rings is 1. The summed E-state index contributed by atoms with van der Waals surface area (Å²) in [5.41, 5.74) is 0.833. The number of carboxylic acid groups (broad SMARTS) is 1. The van der Waals surface area contributed by atoms with E-state index < -0.39 is 5.97 Å². The lowest BCUT2D eigenvalue weighted by molar-refractivity contribution is 0.0692. The number of nitrogens with zero attached hydrogens (tertiary/aromatic N) is 1. The lowest BCUT2D eigenvalue weighted by Crippen LogP contribution is -1.98. The van der Waals surface area contributed by atoms with Crippen LogP contribution >= 0.6 is 27.3 Å². The van der Waals surface area contributed by atoms with Crippen LogP contribution in [0.4, 0.5) is 0 Å². The molecule has 6 heteroatoms. The van der Waals surface area contributed by atoms with E-state index in [0.29, 0.717) is 14.5 Å². The molecule has 2 aromatic rings. The molecule has 1 heterocycles. The van der Waals surface area contributed by atoms with Gasteiger partial charge < -0.3 is 9.84 Å². The molecule has 0 unspecified atom stereocenters. The third kappa shape index (κ3) is 2.48. The van der Waals surface area contributed by atoms with Crippen LogP contribution < -0.4 is 4.74 Å². The second-order valence-electron chi connectivity index (χ2n) is 3.18. The van der Waals surface area contributed by atoms with Gasteiger partial charge in [-0.15, -0.1) is 11.3 Å². The molecule has 0 bridgehead atoms. The van der Waals surface area contributed by atoms with Crippen LogP contribution in [0.3, 0.4) is 0 Å². The zero-order valence-electron chi connectivity index (χ0n) is 8.81. The number of carboxylic acids is 1. The van der Waals surface area contributed by atoms with E-state index in [1.165, 1.54) is 11.3 Å². The number of hydrogen-bond acceptors (Lipinski definition) is 4. The van der Waals surface area contributed by atoms with E-state index >= 15 is 0 Å². The van der Waals surface area contributed by atoms with Crippen molar-refractivity contribution >= 4 is 33.2 Å². The molecule has 2 rings (SSSR count). The molecular formula is C11H8BrNO3S. The maximum absolute atomic E-state index is 11.1. The number of rotatable bonds is 3. The van der Waals surface area contributed by atoms with Crippen LogP contribution in [0.25, 0.3) is 10.4 Å². The number of hydrogen-bond donors (Lipinski definition) is 1. The number of aromatic nitrogens is 1. The summed E-state index contributed by atoms with van der Waals surface area (Å²) in [5, 5.41) is 9.06. The first kappa shape index (κ1) is 12.1. The van der Waals surface area contributed by atoms with Crippen LogP contribution in [0.5, 0.6) is 5.75 Å². The largest absolute Gasteiger partial charge is 0.497 e. The fourth-order valence-corrected chi connectivity index (χ4v) is 2.84. The molecular weight excluding hydrogens is 306 g/mol. The van der Waals surface area contributed by atoms with Crippen LogP contribution in [0, 0.1) is 0 Å². The topological polar surface area (TPSA) is 59.4 Å². The summed E-state index contributed by atoms with van der Waals surface area (Å²) in [4.78, 5) is 15.6. The number of methoxy groups -OCH3 is 1. The van der Waals surface area contributed by atoms with Crippen molar-refractivity contribution in [2.75, 3.05) is 7.11 Å². The molecule has 1 aromatic heterocycles. The third-order valence-electron chi connectivity index (χ3n) is 2.14. The molecule has 0 aliphatic rings. The zero-order valence-corrected chi connectivity index (χ0v) is 11.2. The number of thiazole rings is 1. The highest BCUT2D eigenvalue weighted by atomic mass is 79.9. The van der Waals surface area contributed by atoms with Gasteiger partial charge in [-0.2, -0.15) is 0 Å². The summed E-state index contributed by atoms with van der Waals surface area (Å²) in [6.45, 7) is 0. The second kappa shape index (κ2) is 4.85. The predicted octanol–water partition coefficient (Wildman–Crippen LogP) is 3.28. The lowest BCUT2D eigenvalue weighted by atomic mass is 10.1. The van der Waals surface area contributed by atoms with Crippen molar-refractivity contribution in [2.45, 2.75) is 0 Å². The van der Waals surface area contributed by atoms with Gasteiger partial charge in [-0.05, 0) is 33.6 Å². The van der Waals surface area contributed by atoms with Crippen molar-refractivity contribution in [2.24, 2.45) is 0 Å². The Hall–Kier alpha value is -1.40. The molecule has 0 spiro atoms. The van der Waals surface area contributed by atoms with Crippen LogP contribution in [0.1, 0.15) is 10.5 Å². The van der Waals surface area contributed by atoms with Crippen molar-refractivity contribution in [3.63, 3.8) is 0 Å². The molecule has 0 radical (unpaired) electrons. The van der Waals surface area contributed by atoms with Gasteiger partial charge in [0.2, 0.25) is 0 Å². The first-order valence-corrected chi connectivity index (χ1v) is 6.27. The van der Waals surface area contributed by atoms with Gasteiger partial charge in [0, 0.05) is 0 Å². The Morgan fingerprint density at radius 1 is 1.53 bits per heavy atom. The van der Waals surface area contributed by atoms with Gasteiger partial charge in [0.05, 0.1) is 12.0 Å². The summed E-state index contributed by atoms with van der Waals surface area (Å²) < 4.78 is 5.66. The Kier molecular flexibility index (Phi) is 3.44. The van der Waals surface area contributed by atoms with Gasteiger partial charge in [-0.25, -0.2) is 9.78 Å². The molecule has 1 aromatic carbocycles. The Balaban J connectivity index is 2.55. The zero-order chi connectivity index (χ0) is 12.4. The molecule has 17 heavy (non-hydrogen) atoms. The standard InChI is InChI=1S/C11H8BrNO3S/c1-16-7-4-2-3-6(5-7)9-8(10(14)15)13-11(12)17-9/h2-5H,1H3,(H,14,15). The Labute approximate surface area is 110 Å². The molecule has 0 atom stereocenters. The summed E-state index contributed by atoms with van der Waals surface area (Å²) in [6.07, 6.45) is 0. The second-order valence-corrected chi connectivity index (χ2v) is 5.46. The van der Waals surface area contributed by atoms with Crippen molar-refractivity contribution in [1.29, 1.82) is 0 Å². The van der Waals surface area contributed by atoms with Crippen LogP contribution in [-0.4, -0.2) is 23.2 Å². The maximum atomic E-state index is 11.1. The van der Waals surface area contributed by atoms with E-state index in [4.69, 9.17) is 9.84 Å². The molecule has 0 fully saturated rings. The smallest absolute Gasteiger partial charge is 0.356 e. The quantitative estimate of drug-likeness (QED) is 0.944. The van der Waals surface area contributed by atoms with Gasteiger partial charge in [0.15, 0.2) is 9.61 Å². The first-order valence-electron chi connectivity index (χ1n) is 4.66. The Bertz CT molecular complexity index is 568. The number of halogens is 1. The number of aromatic carboxylic acids is 1. The average molecular weight is 314 g/mol. The monoisotopic (exact) mass is 313 g/mol. The third-order valence-corrected chi connectivity index (χ3v) is 3.69. The van der Waals surface area contributed by atoms with E-state index in [0.717, 1.165) is 5.56 Å². The van der Waals surface area contributed by atoms with Crippen molar-refractivity contribution in [1.82, 2.24) is 4.98 Å². The summed E-state index contributed by atoms with van der Waals surface area (Å²) >= 11 is 4.48. The molecule has 0 aliphatic heterocycles. The van der Waals surface area contributed by atoms with Gasteiger partial charge in [0.25, 0.3) is 0 Å². The van der Waals surface area contributed by atoms with Crippen LogP contribution in [-0.2, 0) is 0 Å². The minimum Gasteiger partial charge on any atom is -0.497 e. The van der Waals surface area contributed by atoms with Crippen molar-refractivity contribution < 1.29 is 14.6 Å². The molecule has 0 saturated carbocycles. The van der Waals surface area contributed by atoms with Crippen LogP contribution in [0.2, 0.25) is 0 Å². The summed E-state index contributed by atoms with van der Waals surface area (Å²) in [6, 6.07) is 7.23. The minimum atomic E-state index is -1.04. The summed E-state index contributed by atoms with van der Waals surface area (Å²) in [5.74, 6) is -0.354. The van der Waals surface area contributed by atoms with E-state index in [2.05, 4.69) is 20.9 Å². The highest BCUT2D eigenvalue weighted by molar-refractivity contribution is 9.11. The SMILES string of the molecule is COc1cccc(-c2sc(Br)nc2C(=O)O)c1. The predicted molar refractivity (Wildman–Crippen MR) is 68.8 cm³/mol. The Morgan fingerprint density at radius 2 is 2.29 bits per heavy atom. The molecule has 88 valence electrons. The minimum absolute atomic E-state index is 0.0510. The highest BCUT2D eigenvalue weighted by Gasteiger charge is 2.18. The average Bonchev–Trinajstić information content (AvgIpc) is 2.72. The molecule has 1 N–H and O–H groups in total. The van der Waals surface area contributed by atoms with E-state index in [1.54, 1.807) is 19.2 Å². The van der Waals surface area contributed by atoms with Crippen LogP contribution in [0.15, 0.2) is 28.2 Å². The molecule has 0 aliphatic carbocycles. The van der Waals surface area contributed by atoms with Gasteiger partial charge in [0.1, 0.15) is 5.75 Å². The van der Waals surface area contributed by atoms with Gasteiger partial charge in [-0.3, -0.25) is 0 Å². The molecule has 0 saturated heterocycles. The van der Waals surface area contributed by atoms with Gasteiger partial charge >= 0.3 is 5.97 Å². The maximum Gasteiger partial charge on any atom is 0.356 e. The van der Waals surface area contributed by atoms with E-state index in [1.807, 2.05) is 12.1 Å². The van der Waals surface area contributed by atoms with E-state index in [9.17, 15) is 4.79 Å². The Morgan fingerprint density at radius 3 is 2.94 bits per heavy atom. The first-order chi connectivity index (χ1) is 8.11. The number of carbonyl (C=O) groups is 1. The highest BCUT2D eigenvalue weighted by Crippen LogP contribution is 2.34.